The molecule has 0 saturated heterocycles. The van der Waals surface area contributed by atoms with Crippen LogP contribution in [-0.2, 0) is 0 Å². The third kappa shape index (κ3) is 6.14. The van der Waals surface area contributed by atoms with Crippen molar-refractivity contribution in [3.63, 3.8) is 0 Å². The molecule has 0 N–H and O–H groups in total. The summed E-state index contributed by atoms with van der Waals surface area (Å²) in [6.45, 7) is 1.36. The summed E-state index contributed by atoms with van der Waals surface area (Å²) in [6.07, 6.45) is -4.94. The SMILES string of the molecule is CC([S])CC(F)(F)F. The van der Waals surface area contributed by atoms with Crippen LogP contribution in [-0.4, -0.2) is 11.4 Å². The highest BCUT2D eigenvalue weighted by molar-refractivity contribution is 7.80. The Hall–Kier alpha value is 0.140. The Bertz CT molecular complexity index is 66.2. The summed E-state index contributed by atoms with van der Waals surface area (Å²) in [6, 6.07) is 0. The van der Waals surface area contributed by atoms with Gasteiger partial charge in [-0.2, -0.15) is 13.2 Å². The molecule has 0 aromatic rings. The minimum Gasteiger partial charge on any atom is -0.171 e. The molecule has 0 bridgehead atoms. The predicted octanol–water partition coefficient (Wildman–Crippen LogP) is 2.52. The lowest BCUT2D eigenvalue weighted by Gasteiger charge is -2.05. The Morgan fingerprint density at radius 2 is 1.88 bits per heavy atom. The molecule has 4 heteroatoms. The molecule has 0 aliphatic carbocycles. The first-order valence-electron chi connectivity index (χ1n) is 2.14. The van der Waals surface area contributed by atoms with E-state index in [0.29, 0.717) is 0 Å². The Balaban J connectivity index is 3.39. The average molecular weight is 143 g/mol. The molecule has 0 rings (SSSR count). The van der Waals surface area contributed by atoms with E-state index in [9.17, 15) is 13.2 Å². The Morgan fingerprint density at radius 1 is 1.50 bits per heavy atom. The van der Waals surface area contributed by atoms with Crippen molar-refractivity contribution in [3.05, 3.63) is 0 Å². The van der Waals surface area contributed by atoms with Gasteiger partial charge in [-0.15, -0.1) is 0 Å². The monoisotopic (exact) mass is 143 g/mol. The first-order chi connectivity index (χ1) is 3.42. The molecule has 0 amide bonds. The van der Waals surface area contributed by atoms with Crippen LogP contribution in [0, 0.1) is 0 Å². The van der Waals surface area contributed by atoms with Gasteiger partial charge in [0.1, 0.15) is 0 Å². The van der Waals surface area contributed by atoms with Gasteiger partial charge in [-0.1, -0.05) is 19.6 Å². The second-order valence-corrected chi connectivity index (χ2v) is 2.43. The Morgan fingerprint density at radius 3 is 1.88 bits per heavy atom. The molecule has 0 aliphatic heterocycles. The molecule has 0 spiro atoms. The van der Waals surface area contributed by atoms with E-state index in [4.69, 9.17) is 0 Å². The van der Waals surface area contributed by atoms with Crippen molar-refractivity contribution in [2.24, 2.45) is 0 Å². The normalized spacial score (nSPS) is 16.1. The number of alkyl halides is 3. The standard InChI is InChI=1S/C4H6F3S/c1-3(8)2-4(5,6)7/h3H,2H2,1H3. The number of hydrogen-bond donors (Lipinski definition) is 0. The zero-order valence-electron chi connectivity index (χ0n) is 4.33. The predicted molar refractivity (Wildman–Crippen MR) is 27.7 cm³/mol. The van der Waals surface area contributed by atoms with E-state index in [1.54, 1.807) is 0 Å². The number of halogens is 3. The summed E-state index contributed by atoms with van der Waals surface area (Å²) in [5.74, 6) is 0. The van der Waals surface area contributed by atoms with Gasteiger partial charge in [0, 0.05) is 5.25 Å². The molecule has 0 aromatic carbocycles. The van der Waals surface area contributed by atoms with E-state index < -0.39 is 17.8 Å². The molecule has 0 heterocycles. The van der Waals surface area contributed by atoms with Gasteiger partial charge in [-0.3, -0.25) is 0 Å². The summed E-state index contributed by atoms with van der Waals surface area (Å²) in [4.78, 5) is 0. The van der Waals surface area contributed by atoms with Gasteiger partial charge in [0.15, 0.2) is 0 Å². The molecule has 8 heavy (non-hydrogen) atoms. The minimum atomic E-state index is -4.08. The largest absolute Gasteiger partial charge is 0.390 e. The van der Waals surface area contributed by atoms with Crippen LogP contribution in [0.3, 0.4) is 0 Å². The molecule has 49 valence electrons. The summed E-state index contributed by atoms with van der Waals surface area (Å²) >= 11 is 4.31. The van der Waals surface area contributed by atoms with Crippen LogP contribution >= 0.6 is 12.6 Å². The molecule has 1 radical (unpaired) electrons. The van der Waals surface area contributed by atoms with Crippen LogP contribution in [0.25, 0.3) is 0 Å². The lowest BCUT2D eigenvalue weighted by Crippen LogP contribution is -2.12. The molecule has 1 atom stereocenters. The Kier molecular flexibility index (Phi) is 2.66. The Labute approximate surface area is 51.5 Å². The zero-order chi connectivity index (χ0) is 6.78. The highest BCUT2D eigenvalue weighted by atomic mass is 32.1. The maximum absolute atomic E-state index is 11.2. The zero-order valence-corrected chi connectivity index (χ0v) is 5.14. The summed E-state index contributed by atoms with van der Waals surface area (Å²) < 4.78 is 33.7. The fourth-order valence-corrected chi connectivity index (χ4v) is 0.515. The van der Waals surface area contributed by atoms with Crippen LogP contribution in [0.5, 0.6) is 0 Å². The van der Waals surface area contributed by atoms with Gasteiger partial charge in [-0.25, -0.2) is 0 Å². The first kappa shape index (κ1) is 8.14. The van der Waals surface area contributed by atoms with Crippen LogP contribution in [0.2, 0.25) is 0 Å². The van der Waals surface area contributed by atoms with Gasteiger partial charge in [0.05, 0.1) is 6.42 Å². The molecule has 0 nitrogen and oxygen atoms in total. The molecular formula is C4H6F3S. The molecule has 0 saturated carbocycles. The first-order valence-corrected chi connectivity index (χ1v) is 2.61. The summed E-state index contributed by atoms with van der Waals surface area (Å²) in [7, 11) is 0. The second kappa shape index (κ2) is 2.62. The summed E-state index contributed by atoms with van der Waals surface area (Å²) in [5.41, 5.74) is 0. The van der Waals surface area contributed by atoms with Crippen LogP contribution in [0.1, 0.15) is 13.3 Å². The minimum absolute atomic E-state index is 0.699. The highest BCUT2D eigenvalue weighted by Crippen LogP contribution is 2.23. The lowest BCUT2D eigenvalue weighted by atomic mass is 10.3. The van der Waals surface area contributed by atoms with Crippen molar-refractivity contribution in [1.29, 1.82) is 0 Å². The average Bonchev–Trinajstić information content (AvgIpc) is 1.21. The third-order valence-electron chi connectivity index (χ3n) is 0.519. The van der Waals surface area contributed by atoms with Crippen molar-refractivity contribution in [2.75, 3.05) is 0 Å². The topological polar surface area (TPSA) is 0 Å². The number of hydrogen-bond acceptors (Lipinski definition) is 0. The van der Waals surface area contributed by atoms with E-state index >= 15 is 0 Å². The van der Waals surface area contributed by atoms with E-state index in [1.807, 2.05) is 0 Å². The van der Waals surface area contributed by atoms with Gasteiger partial charge < -0.3 is 0 Å². The maximum Gasteiger partial charge on any atom is 0.390 e. The van der Waals surface area contributed by atoms with Crippen molar-refractivity contribution >= 4 is 12.6 Å². The van der Waals surface area contributed by atoms with Crippen LogP contribution in [0.4, 0.5) is 13.2 Å². The van der Waals surface area contributed by atoms with Crippen molar-refractivity contribution in [3.8, 4) is 0 Å². The lowest BCUT2D eigenvalue weighted by molar-refractivity contribution is -0.133. The van der Waals surface area contributed by atoms with Crippen LogP contribution in [0.15, 0.2) is 0 Å². The van der Waals surface area contributed by atoms with Crippen molar-refractivity contribution < 1.29 is 13.2 Å². The fourth-order valence-electron chi connectivity index (χ4n) is 0.326. The van der Waals surface area contributed by atoms with Crippen LogP contribution < -0.4 is 0 Å². The fraction of sp³-hybridized carbons (Fsp3) is 1.00. The maximum atomic E-state index is 11.2. The van der Waals surface area contributed by atoms with Gasteiger partial charge >= 0.3 is 6.18 Å². The van der Waals surface area contributed by atoms with Crippen molar-refractivity contribution in [1.82, 2.24) is 0 Å². The number of rotatable bonds is 1. The molecule has 1 unspecified atom stereocenters. The van der Waals surface area contributed by atoms with E-state index in [-0.39, 0.29) is 0 Å². The smallest absolute Gasteiger partial charge is 0.171 e. The quantitative estimate of drug-likeness (QED) is 0.529. The van der Waals surface area contributed by atoms with E-state index in [2.05, 4.69) is 12.6 Å². The van der Waals surface area contributed by atoms with Gasteiger partial charge in [-0.05, 0) is 0 Å². The second-order valence-electron chi connectivity index (χ2n) is 1.63. The van der Waals surface area contributed by atoms with E-state index in [1.165, 1.54) is 6.92 Å². The van der Waals surface area contributed by atoms with E-state index in [0.717, 1.165) is 0 Å². The molecule has 0 aromatic heterocycles. The summed E-state index contributed by atoms with van der Waals surface area (Å²) in [5, 5.41) is -0.699. The van der Waals surface area contributed by atoms with Crippen molar-refractivity contribution in [2.45, 2.75) is 24.8 Å². The van der Waals surface area contributed by atoms with Gasteiger partial charge in [0.2, 0.25) is 0 Å². The third-order valence-corrected chi connectivity index (χ3v) is 0.686. The molecule has 0 fully saturated rings. The molecular weight excluding hydrogens is 137 g/mol. The van der Waals surface area contributed by atoms with Gasteiger partial charge in [0.25, 0.3) is 0 Å². The highest BCUT2D eigenvalue weighted by Gasteiger charge is 2.28. The molecule has 0 aliphatic rings.